The van der Waals surface area contributed by atoms with Gasteiger partial charge in [0, 0.05) is 41.3 Å². The van der Waals surface area contributed by atoms with E-state index < -0.39 is 43.2 Å². The molecule has 0 bridgehead atoms. The van der Waals surface area contributed by atoms with Gasteiger partial charge in [-0.05, 0) is 67.8 Å². The summed E-state index contributed by atoms with van der Waals surface area (Å²) >= 11 is 1.51. The van der Waals surface area contributed by atoms with Crippen molar-refractivity contribution in [2.24, 2.45) is 0 Å². The zero-order valence-corrected chi connectivity index (χ0v) is 31.7. The molecule has 2 saturated carbocycles. The molecular weight excluding hydrogens is 686 g/mol. The summed E-state index contributed by atoms with van der Waals surface area (Å²) in [7, 11) is -2.15. The fourth-order valence-electron chi connectivity index (χ4n) is 6.06. The highest BCUT2D eigenvalue weighted by Crippen LogP contribution is 2.53. The van der Waals surface area contributed by atoms with Gasteiger partial charge in [-0.2, -0.15) is 13.2 Å². The highest BCUT2D eigenvalue weighted by Gasteiger charge is 2.50. The lowest BCUT2D eigenvalue weighted by Gasteiger charge is -2.49. The van der Waals surface area contributed by atoms with E-state index >= 15 is 0 Å². The standard InChI is InChI=1S/C35H47F3N6O4SSi/c1-32(2,3)27-23(25-20-40-28(49-25)34(15-11-16-34)48-50(7,8)33(4,5)6)18-22(42-30(45)41-21-12-9-10-13-21)19-24(27)47-31(46)44-29-39-17-14-26(43-29)35(36,37)38/h14,17-21H,9-13,15-16H2,1-8H3,(H2,41,42,45)(H,39,43,44,46). The third-order valence-corrected chi connectivity index (χ3v) is 15.5. The Hall–Kier alpha value is -3.56. The Kier molecular flexibility index (Phi) is 10.5. The number of ether oxygens (including phenoxy) is 1. The third-order valence-electron chi connectivity index (χ3n) is 9.74. The van der Waals surface area contributed by atoms with Gasteiger partial charge < -0.3 is 19.8 Å². The lowest BCUT2D eigenvalue weighted by Crippen LogP contribution is -2.51. The summed E-state index contributed by atoms with van der Waals surface area (Å²) in [6.07, 6.45) is 3.55. The Morgan fingerprint density at radius 3 is 2.24 bits per heavy atom. The van der Waals surface area contributed by atoms with E-state index in [0.29, 0.717) is 22.9 Å². The molecule has 272 valence electrons. The molecule has 0 spiro atoms. The van der Waals surface area contributed by atoms with Crippen molar-refractivity contribution in [3.63, 3.8) is 0 Å². The number of hydrogen-bond acceptors (Lipinski definition) is 8. The number of carbonyl (C=O) groups excluding carboxylic acids is 2. The van der Waals surface area contributed by atoms with Crippen molar-refractivity contribution < 1.29 is 31.9 Å². The van der Waals surface area contributed by atoms with Crippen LogP contribution in [0.5, 0.6) is 5.75 Å². The maximum absolute atomic E-state index is 13.3. The number of halogens is 3. The van der Waals surface area contributed by atoms with E-state index in [2.05, 4.69) is 59.8 Å². The summed E-state index contributed by atoms with van der Waals surface area (Å²) in [6.45, 7) is 17.0. The zero-order chi connectivity index (χ0) is 36.7. The molecule has 3 amide bonds. The second-order valence-corrected chi connectivity index (χ2v) is 21.5. The van der Waals surface area contributed by atoms with Crippen LogP contribution in [0.25, 0.3) is 10.4 Å². The SMILES string of the molecule is CC(C)(C)c1c(OC(=O)Nc2nccc(C(F)(F)F)n2)cc(NC(=O)NC2CCCC2)cc1-c1cnc(C2(O[Si](C)(C)C(C)(C)C)CCC2)s1. The molecule has 2 aliphatic rings. The molecule has 0 radical (unpaired) electrons. The predicted octanol–water partition coefficient (Wildman–Crippen LogP) is 9.99. The fraction of sp³-hybridized carbons (Fsp3) is 0.571. The van der Waals surface area contributed by atoms with E-state index in [0.717, 1.165) is 61.0 Å². The Labute approximate surface area is 296 Å². The van der Waals surface area contributed by atoms with Crippen LogP contribution in [0, 0.1) is 0 Å². The summed E-state index contributed by atoms with van der Waals surface area (Å²) in [5.74, 6) is -0.450. The molecule has 0 unspecified atom stereocenters. The minimum Gasteiger partial charge on any atom is -0.410 e. The van der Waals surface area contributed by atoms with Gasteiger partial charge >= 0.3 is 18.3 Å². The maximum Gasteiger partial charge on any atom is 0.433 e. The number of carbonyl (C=O) groups is 2. The molecule has 3 N–H and O–H groups in total. The smallest absolute Gasteiger partial charge is 0.410 e. The quantitative estimate of drug-likeness (QED) is 0.197. The summed E-state index contributed by atoms with van der Waals surface area (Å²) in [6, 6.07) is 3.78. The molecule has 2 aromatic heterocycles. The van der Waals surface area contributed by atoms with Crippen molar-refractivity contribution in [2.75, 3.05) is 10.6 Å². The van der Waals surface area contributed by atoms with E-state index in [9.17, 15) is 22.8 Å². The number of nitrogens with zero attached hydrogens (tertiary/aromatic N) is 3. The molecule has 1 aromatic carbocycles. The second-order valence-electron chi connectivity index (χ2n) is 15.7. The van der Waals surface area contributed by atoms with Crippen LogP contribution in [0.3, 0.4) is 0 Å². The van der Waals surface area contributed by atoms with Crippen LogP contribution in [0.4, 0.5) is 34.4 Å². The van der Waals surface area contributed by atoms with Crippen LogP contribution in [0.15, 0.2) is 30.6 Å². The van der Waals surface area contributed by atoms with Crippen LogP contribution >= 0.6 is 11.3 Å². The Morgan fingerprint density at radius 1 is 0.980 bits per heavy atom. The first-order valence-electron chi connectivity index (χ1n) is 17.0. The van der Waals surface area contributed by atoms with Gasteiger partial charge in [0.25, 0.3) is 0 Å². The van der Waals surface area contributed by atoms with E-state index in [1.807, 2.05) is 26.8 Å². The minimum absolute atomic E-state index is 0.0140. The number of urea groups is 1. The molecule has 3 aromatic rings. The van der Waals surface area contributed by atoms with E-state index in [1.165, 1.54) is 11.3 Å². The lowest BCUT2D eigenvalue weighted by atomic mass is 9.81. The molecule has 5 rings (SSSR count). The van der Waals surface area contributed by atoms with Gasteiger partial charge in [0.1, 0.15) is 22.1 Å². The van der Waals surface area contributed by atoms with Gasteiger partial charge in [0.2, 0.25) is 5.95 Å². The number of benzene rings is 1. The molecule has 15 heteroatoms. The van der Waals surface area contributed by atoms with Crippen LogP contribution < -0.4 is 20.7 Å². The summed E-state index contributed by atoms with van der Waals surface area (Å²) in [4.78, 5) is 39.2. The van der Waals surface area contributed by atoms with E-state index in [1.54, 1.807) is 12.3 Å². The number of aromatic nitrogens is 3. The number of hydrogen-bond donors (Lipinski definition) is 3. The van der Waals surface area contributed by atoms with Gasteiger partial charge in [-0.3, -0.25) is 5.32 Å². The molecule has 0 atom stereocenters. The second kappa shape index (κ2) is 13.9. The van der Waals surface area contributed by atoms with Gasteiger partial charge in [-0.15, -0.1) is 11.3 Å². The first-order valence-corrected chi connectivity index (χ1v) is 20.7. The number of thiazole rings is 1. The summed E-state index contributed by atoms with van der Waals surface area (Å²) < 4.78 is 52.6. The summed E-state index contributed by atoms with van der Waals surface area (Å²) in [5, 5.41) is 9.03. The maximum atomic E-state index is 13.3. The molecule has 10 nitrogen and oxygen atoms in total. The third kappa shape index (κ3) is 8.48. The lowest BCUT2D eigenvalue weighted by molar-refractivity contribution is -0.141. The van der Waals surface area contributed by atoms with Gasteiger partial charge in [0.05, 0.1) is 4.88 Å². The largest absolute Gasteiger partial charge is 0.433 e. The molecule has 50 heavy (non-hydrogen) atoms. The highest BCUT2D eigenvalue weighted by molar-refractivity contribution is 7.15. The van der Waals surface area contributed by atoms with Gasteiger partial charge in [0.15, 0.2) is 8.32 Å². The average Bonchev–Trinajstić information content (AvgIpc) is 3.66. The van der Waals surface area contributed by atoms with E-state index in [4.69, 9.17) is 14.1 Å². The highest BCUT2D eigenvalue weighted by atomic mass is 32.1. The first kappa shape index (κ1) is 37.7. The number of rotatable bonds is 8. The topological polar surface area (TPSA) is 127 Å². The van der Waals surface area contributed by atoms with E-state index in [-0.39, 0.29) is 22.9 Å². The van der Waals surface area contributed by atoms with Gasteiger partial charge in [-0.25, -0.2) is 24.5 Å². The molecular formula is C35H47F3N6O4SSi. The van der Waals surface area contributed by atoms with Crippen molar-refractivity contribution in [3.05, 3.63) is 46.9 Å². The molecule has 0 saturated heterocycles. The Balaban J connectivity index is 1.54. The first-order chi connectivity index (χ1) is 23.2. The zero-order valence-electron chi connectivity index (χ0n) is 29.9. The predicted molar refractivity (Wildman–Crippen MR) is 191 cm³/mol. The van der Waals surface area contributed by atoms with Crippen molar-refractivity contribution in [3.8, 4) is 16.2 Å². The molecule has 2 aliphatic carbocycles. The number of anilines is 2. The molecule has 2 heterocycles. The number of alkyl halides is 3. The van der Waals surface area contributed by atoms with Crippen molar-refractivity contribution in [1.82, 2.24) is 20.3 Å². The minimum atomic E-state index is -4.72. The molecule has 0 aliphatic heterocycles. The fourth-order valence-corrected chi connectivity index (χ4v) is 8.84. The monoisotopic (exact) mass is 732 g/mol. The average molecular weight is 733 g/mol. The Bertz CT molecular complexity index is 1720. The van der Waals surface area contributed by atoms with Crippen LogP contribution in [0.1, 0.15) is 103 Å². The Morgan fingerprint density at radius 2 is 1.66 bits per heavy atom. The normalized spacial score (nSPS) is 16.9. The van der Waals surface area contributed by atoms with Crippen LogP contribution in [0.2, 0.25) is 18.1 Å². The van der Waals surface area contributed by atoms with Crippen molar-refractivity contribution >= 4 is 43.4 Å². The molecule has 2 fully saturated rings. The van der Waals surface area contributed by atoms with Crippen molar-refractivity contribution in [1.29, 1.82) is 0 Å². The summed E-state index contributed by atoms with van der Waals surface area (Å²) in [5.41, 5.74) is -0.578. The van der Waals surface area contributed by atoms with Crippen LogP contribution in [-0.4, -0.2) is 41.4 Å². The number of nitrogens with one attached hydrogen (secondary N) is 3. The van der Waals surface area contributed by atoms with Crippen LogP contribution in [-0.2, 0) is 21.6 Å². The number of amides is 3. The van der Waals surface area contributed by atoms with Gasteiger partial charge in [-0.1, -0.05) is 54.4 Å². The van der Waals surface area contributed by atoms with Crippen molar-refractivity contribution in [2.45, 2.75) is 128 Å².